The van der Waals surface area contributed by atoms with E-state index in [4.69, 9.17) is 0 Å². The Bertz CT molecular complexity index is 834. The van der Waals surface area contributed by atoms with Crippen molar-refractivity contribution in [2.45, 2.75) is 56.6 Å². The van der Waals surface area contributed by atoms with Gasteiger partial charge in [-0.25, -0.2) is 4.99 Å². The van der Waals surface area contributed by atoms with Gasteiger partial charge in [-0.05, 0) is 81.3 Å². The first-order valence-electron chi connectivity index (χ1n) is 11.0. The minimum atomic E-state index is -0.448. The summed E-state index contributed by atoms with van der Waals surface area (Å²) >= 11 is 1.73. The van der Waals surface area contributed by atoms with E-state index < -0.39 is 4.75 Å². The van der Waals surface area contributed by atoms with Crippen molar-refractivity contribution in [3.8, 4) is 0 Å². The van der Waals surface area contributed by atoms with Crippen molar-refractivity contribution in [3.63, 3.8) is 0 Å². The highest BCUT2D eigenvalue weighted by Gasteiger charge is 2.49. The predicted molar refractivity (Wildman–Crippen MR) is 115 cm³/mol. The van der Waals surface area contributed by atoms with Gasteiger partial charge in [0, 0.05) is 25.5 Å². The van der Waals surface area contributed by atoms with Gasteiger partial charge in [0.1, 0.15) is 4.75 Å². The molecule has 6 heteroatoms. The minimum Gasteiger partial charge on any atom is -0.339 e. The van der Waals surface area contributed by atoms with Crippen LogP contribution in [0.5, 0.6) is 0 Å². The van der Waals surface area contributed by atoms with Crippen molar-refractivity contribution in [2.75, 3.05) is 13.1 Å². The van der Waals surface area contributed by atoms with Gasteiger partial charge in [0.15, 0.2) is 0 Å². The molecular formula is C23H29N3O2S. The zero-order valence-electron chi connectivity index (χ0n) is 17.0. The summed E-state index contributed by atoms with van der Waals surface area (Å²) in [5, 5.41) is 1.07. The topological polar surface area (TPSA) is 62.6 Å². The molecule has 5 nitrogen and oxygen atoms in total. The summed E-state index contributed by atoms with van der Waals surface area (Å²) < 4.78 is -0.448. The molecule has 4 atom stereocenters. The zero-order valence-corrected chi connectivity index (χ0v) is 17.9. The quantitative estimate of drug-likeness (QED) is 0.745. The number of nitrogens with zero attached hydrogens (tertiary/aromatic N) is 3. The molecule has 0 N–H and O–H groups in total. The molecule has 2 amide bonds. The highest BCUT2D eigenvalue weighted by molar-refractivity contribution is 8.16. The van der Waals surface area contributed by atoms with Crippen molar-refractivity contribution in [2.24, 2.45) is 28.7 Å². The maximum absolute atomic E-state index is 12.9. The molecule has 0 aromatic carbocycles. The summed E-state index contributed by atoms with van der Waals surface area (Å²) in [7, 11) is 0. The summed E-state index contributed by atoms with van der Waals surface area (Å²) in [5.74, 6) is 2.92. The number of rotatable bonds is 4. The monoisotopic (exact) mass is 411 g/mol. The van der Waals surface area contributed by atoms with E-state index in [-0.39, 0.29) is 17.7 Å². The molecule has 3 fully saturated rings. The molecule has 2 bridgehead atoms. The standard InChI is InChI=1S/C23H29N3O2S/c1-23(19-6-9-26(10-7-19)21(27)17-3-2-8-24-14-17)22(28)25-20(29-23)13-18-12-15-4-5-16(18)11-15/h2-3,8,14-16,18-19H,4-7,9-13H2,1H3/t15-,16+,18-,23?/m1/s1. The number of piperidine rings is 1. The van der Waals surface area contributed by atoms with Crippen LogP contribution >= 0.6 is 11.8 Å². The molecule has 1 saturated heterocycles. The van der Waals surface area contributed by atoms with Crippen molar-refractivity contribution in [3.05, 3.63) is 30.1 Å². The first-order valence-corrected chi connectivity index (χ1v) is 11.8. The van der Waals surface area contributed by atoms with Crippen LogP contribution in [-0.2, 0) is 4.79 Å². The Morgan fingerprint density at radius 2 is 2.07 bits per heavy atom. The number of hydrogen-bond donors (Lipinski definition) is 0. The number of likely N-dealkylation sites (tertiary alicyclic amines) is 1. The van der Waals surface area contributed by atoms with Gasteiger partial charge >= 0.3 is 0 Å². The molecule has 1 aromatic heterocycles. The summed E-state index contributed by atoms with van der Waals surface area (Å²) in [6.07, 6.45) is 11.6. The van der Waals surface area contributed by atoms with Crippen LogP contribution in [0.25, 0.3) is 0 Å². The highest BCUT2D eigenvalue weighted by atomic mass is 32.2. The summed E-state index contributed by atoms with van der Waals surface area (Å²) in [6.45, 7) is 3.48. The number of amides is 2. The molecular weight excluding hydrogens is 382 g/mol. The summed E-state index contributed by atoms with van der Waals surface area (Å²) in [4.78, 5) is 36.0. The van der Waals surface area contributed by atoms with Gasteiger partial charge in [-0.15, -0.1) is 0 Å². The first kappa shape index (κ1) is 19.3. The molecule has 154 valence electrons. The Morgan fingerprint density at radius 3 is 2.72 bits per heavy atom. The zero-order chi connectivity index (χ0) is 20.0. The lowest BCUT2D eigenvalue weighted by Gasteiger charge is -2.38. The fraction of sp³-hybridized carbons (Fsp3) is 0.652. The van der Waals surface area contributed by atoms with Crippen LogP contribution in [0, 0.1) is 23.7 Å². The lowest BCUT2D eigenvalue weighted by molar-refractivity contribution is -0.121. The van der Waals surface area contributed by atoms with Crippen molar-refractivity contribution in [1.82, 2.24) is 9.88 Å². The van der Waals surface area contributed by atoms with Gasteiger partial charge in [0.25, 0.3) is 11.8 Å². The number of carbonyl (C=O) groups is 2. The number of thioether (sulfide) groups is 1. The van der Waals surface area contributed by atoms with Crippen LogP contribution in [0.15, 0.2) is 29.5 Å². The van der Waals surface area contributed by atoms with E-state index in [9.17, 15) is 9.59 Å². The third kappa shape index (κ3) is 3.54. The second-order valence-corrected chi connectivity index (χ2v) is 11.0. The second-order valence-electron chi connectivity index (χ2n) is 9.47. The Balaban J connectivity index is 1.18. The number of aromatic nitrogens is 1. The van der Waals surface area contributed by atoms with Gasteiger partial charge < -0.3 is 4.90 Å². The van der Waals surface area contributed by atoms with Crippen LogP contribution in [-0.4, -0.2) is 44.6 Å². The van der Waals surface area contributed by atoms with Crippen molar-refractivity contribution < 1.29 is 9.59 Å². The van der Waals surface area contributed by atoms with Gasteiger partial charge in [-0.1, -0.05) is 18.2 Å². The summed E-state index contributed by atoms with van der Waals surface area (Å²) in [5.41, 5.74) is 0.639. The Labute approximate surface area is 176 Å². The van der Waals surface area contributed by atoms with Crippen LogP contribution in [0.3, 0.4) is 0 Å². The van der Waals surface area contributed by atoms with Crippen LogP contribution in [0.2, 0.25) is 0 Å². The number of pyridine rings is 1. The van der Waals surface area contributed by atoms with E-state index in [0.29, 0.717) is 18.7 Å². The van der Waals surface area contributed by atoms with Crippen LogP contribution in [0.1, 0.15) is 62.2 Å². The van der Waals surface area contributed by atoms with Crippen LogP contribution in [0.4, 0.5) is 0 Å². The third-order valence-corrected chi connectivity index (χ3v) is 9.20. The third-order valence-electron chi connectivity index (χ3n) is 7.77. The van der Waals surface area contributed by atoms with E-state index >= 15 is 0 Å². The Hall–Kier alpha value is -1.69. The molecule has 29 heavy (non-hydrogen) atoms. The maximum Gasteiger partial charge on any atom is 0.263 e. The van der Waals surface area contributed by atoms with E-state index in [1.165, 1.54) is 25.7 Å². The van der Waals surface area contributed by atoms with Crippen LogP contribution < -0.4 is 0 Å². The van der Waals surface area contributed by atoms with E-state index in [2.05, 4.69) is 16.9 Å². The molecule has 2 saturated carbocycles. The van der Waals surface area contributed by atoms with Gasteiger partial charge in [-0.2, -0.15) is 0 Å². The summed E-state index contributed by atoms with van der Waals surface area (Å²) in [6, 6.07) is 3.61. The Morgan fingerprint density at radius 1 is 1.24 bits per heavy atom. The van der Waals surface area contributed by atoms with Crippen molar-refractivity contribution in [1.29, 1.82) is 0 Å². The highest BCUT2D eigenvalue weighted by Crippen LogP contribution is 2.52. The normalized spacial score (nSPS) is 34.7. The molecule has 1 unspecified atom stereocenters. The average Bonchev–Trinajstić information content (AvgIpc) is 3.44. The molecule has 2 aliphatic carbocycles. The smallest absolute Gasteiger partial charge is 0.263 e. The number of carbonyl (C=O) groups excluding carboxylic acids is 2. The van der Waals surface area contributed by atoms with Gasteiger partial charge in [0.05, 0.1) is 10.6 Å². The van der Waals surface area contributed by atoms with Gasteiger partial charge in [0.2, 0.25) is 0 Å². The molecule has 0 radical (unpaired) electrons. The number of aliphatic imine (C=N–C) groups is 1. The van der Waals surface area contributed by atoms with E-state index in [0.717, 1.165) is 42.1 Å². The molecule has 3 heterocycles. The van der Waals surface area contributed by atoms with E-state index in [1.54, 1.807) is 30.2 Å². The van der Waals surface area contributed by atoms with Crippen molar-refractivity contribution >= 4 is 28.6 Å². The lowest BCUT2D eigenvalue weighted by atomic mass is 9.84. The maximum atomic E-state index is 12.9. The average molecular weight is 412 g/mol. The molecule has 4 aliphatic rings. The Kier molecular flexibility index (Phi) is 5.01. The minimum absolute atomic E-state index is 0.0420. The largest absolute Gasteiger partial charge is 0.339 e. The molecule has 5 rings (SSSR count). The number of hydrogen-bond acceptors (Lipinski definition) is 4. The second kappa shape index (κ2) is 7.53. The van der Waals surface area contributed by atoms with E-state index in [1.807, 2.05) is 11.0 Å². The lowest BCUT2D eigenvalue weighted by Crippen LogP contribution is -2.46. The molecule has 1 aromatic rings. The fourth-order valence-corrected chi connectivity index (χ4v) is 7.49. The molecule has 0 spiro atoms. The first-order chi connectivity index (χ1) is 14.0. The predicted octanol–water partition coefficient (Wildman–Crippen LogP) is 4.19. The number of fused-ring (bicyclic) bond motifs is 2. The molecule has 2 aliphatic heterocycles. The fourth-order valence-electron chi connectivity index (χ4n) is 6.04. The SMILES string of the molecule is CC1(C2CCN(C(=O)c3cccnc3)CC2)SC(C[C@H]2C[C@@H]3CC[C@H]2C3)=NC1=O. The van der Waals surface area contributed by atoms with Gasteiger partial charge in [-0.3, -0.25) is 14.6 Å².